The molecular formula is C24H20N2O2. The molecule has 1 aliphatic heterocycles. The molecule has 1 amide bonds. The van der Waals surface area contributed by atoms with Gasteiger partial charge in [0.05, 0.1) is 12.5 Å². The van der Waals surface area contributed by atoms with Gasteiger partial charge in [-0.15, -0.1) is 0 Å². The lowest BCUT2D eigenvalue weighted by atomic mass is 9.94. The number of ether oxygens (including phenoxy) is 1. The van der Waals surface area contributed by atoms with Crippen LogP contribution in [0.2, 0.25) is 0 Å². The number of benzene rings is 3. The number of rotatable bonds is 3. The Labute approximate surface area is 163 Å². The van der Waals surface area contributed by atoms with Crippen molar-refractivity contribution in [3.8, 4) is 11.5 Å². The van der Waals surface area contributed by atoms with Crippen LogP contribution in [-0.2, 0) is 18.3 Å². The molecular weight excluding hydrogens is 348 g/mol. The number of nitrogens with one attached hydrogen (secondary N) is 1. The van der Waals surface area contributed by atoms with Crippen LogP contribution in [0.1, 0.15) is 22.7 Å². The SMILES string of the molecule is Cn1cc(CC(=O)NC2c3ccccc3Oc3ccccc32)c2ccccc21. The van der Waals surface area contributed by atoms with Gasteiger partial charge in [-0.2, -0.15) is 0 Å². The second-order valence-electron chi connectivity index (χ2n) is 7.14. The number of fused-ring (bicyclic) bond motifs is 3. The molecule has 0 fully saturated rings. The Hall–Kier alpha value is -3.53. The van der Waals surface area contributed by atoms with Crippen LogP contribution in [0.3, 0.4) is 0 Å². The minimum atomic E-state index is -0.219. The fraction of sp³-hybridized carbons (Fsp3) is 0.125. The third kappa shape index (κ3) is 2.74. The lowest BCUT2D eigenvalue weighted by molar-refractivity contribution is -0.120. The van der Waals surface area contributed by atoms with Crippen LogP contribution in [0.15, 0.2) is 79.0 Å². The number of carbonyl (C=O) groups excluding carboxylic acids is 1. The number of para-hydroxylation sites is 3. The van der Waals surface area contributed by atoms with Crippen molar-refractivity contribution in [1.82, 2.24) is 9.88 Å². The summed E-state index contributed by atoms with van der Waals surface area (Å²) in [5, 5.41) is 4.34. The first-order valence-corrected chi connectivity index (χ1v) is 9.39. The summed E-state index contributed by atoms with van der Waals surface area (Å²) in [4.78, 5) is 13.0. The van der Waals surface area contributed by atoms with E-state index in [-0.39, 0.29) is 11.9 Å². The standard InChI is InChI=1S/C24H20N2O2/c1-26-15-16(17-8-2-5-11-20(17)26)14-23(27)25-24-18-9-3-6-12-21(18)28-22-13-7-4-10-19(22)24/h2-13,15,24H,14H2,1H3,(H,25,27). The second-order valence-corrected chi connectivity index (χ2v) is 7.14. The molecule has 1 N–H and O–H groups in total. The summed E-state index contributed by atoms with van der Waals surface area (Å²) in [6.45, 7) is 0. The predicted molar refractivity (Wildman–Crippen MR) is 110 cm³/mol. The summed E-state index contributed by atoms with van der Waals surface area (Å²) >= 11 is 0. The van der Waals surface area contributed by atoms with Crippen LogP contribution in [-0.4, -0.2) is 10.5 Å². The van der Waals surface area contributed by atoms with Crippen LogP contribution >= 0.6 is 0 Å². The number of hydrogen-bond acceptors (Lipinski definition) is 2. The van der Waals surface area contributed by atoms with Gasteiger partial charge in [-0.1, -0.05) is 54.6 Å². The van der Waals surface area contributed by atoms with Crippen molar-refractivity contribution in [1.29, 1.82) is 0 Å². The quantitative estimate of drug-likeness (QED) is 0.568. The van der Waals surface area contributed by atoms with Crippen molar-refractivity contribution >= 4 is 16.8 Å². The maximum atomic E-state index is 13.0. The molecule has 4 nitrogen and oxygen atoms in total. The largest absolute Gasteiger partial charge is 0.457 e. The van der Waals surface area contributed by atoms with Crippen molar-refractivity contribution in [2.75, 3.05) is 0 Å². The average Bonchev–Trinajstić information content (AvgIpc) is 3.03. The number of hydrogen-bond donors (Lipinski definition) is 1. The molecule has 0 unspecified atom stereocenters. The number of aryl methyl sites for hydroxylation is 1. The zero-order valence-corrected chi connectivity index (χ0v) is 15.6. The molecule has 28 heavy (non-hydrogen) atoms. The fourth-order valence-corrected chi connectivity index (χ4v) is 4.02. The Balaban J connectivity index is 1.47. The summed E-state index contributed by atoms with van der Waals surface area (Å²) in [7, 11) is 2.01. The van der Waals surface area contributed by atoms with Crippen LogP contribution in [0.25, 0.3) is 10.9 Å². The van der Waals surface area contributed by atoms with E-state index in [2.05, 4.69) is 22.0 Å². The minimum Gasteiger partial charge on any atom is -0.457 e. The van der Waals surface area contributed by atoms with Crippen molar-refractivity contribution in [3.63, 3.8) is 0 Å². The van der Waals surface area contributed by atoms with Gasteiger partial charge in [0.15, 0.2) is 0 Å². The highest BCUT2D eigenvalue weighted by Gasteiger charge is 2.28. The topological polar surface area (TPSA) is 43.3 Å². The first-order chi connectivity index (χ1) is 13.7. The lowest BCUT2D eigenvalue weighted by Gasteiger charge is -2.28. The second kappa shape index (κ2) is 6.57. The molecule has 0 aliphatic carbocycles. The van der Waals surface area contributed by atoms with Gasteiger partial charge in [0.2, 0.25) is 5.91 Å². The summed E-state index contributed by atoms with van der Waals surface area (Å²) in [6, 6.07) is 23.7. The highest BCUT2D eigenvalue weighted by molar-refractivity contribution is 5.89. The van der Waals surface area contributed by atoms with E-state index in [1.165, 1.54) is 0 Å². The van der Waals surface area contributed by atoms with Crippen molar-refractivity contribution in [3.05, 3.63) is 95.7 Å². The first kappa shape index (κ1) is 16.6. The highest BCUT2D eigenvalue weighted by Crippen LogP contribution is 2.42. The van der Waals surface area contributed by atoms with E-state index >= 15 is 0 Å². The molecule has 5 rings (SSSR count). The Morgan fingerprint density at radius 2 is 1.54 bits per heavy atom. The Kier molecular flexibility index (Phi) is 3.90. The van der Waals surface area contributed by atoms with E-state index in [0.717, 1.165) is 39.1 Å². The molecule has 1 aromatic heterocycles. The Bertz CT molecular complexity index is 1150. The maximum Gasteiger partial charge on any atom is 0.225 e. The summed E-state index contributed by atoms with van der Waals surface area (Å²) < 4.78 is 8.08. The minimum absolute atomic E-state index is 0.00661. The molecule has 0 bridgehead atoms. The third-order valence-corrected chi connectivity index (χ3v) is 5.32. The van der Waals surface area contributed by atoms with Gasteiger partial charge in [0.25, 0.3) is 0 Å². The summed E-state index contributed by atoms with van der Waals surface area (Å²) in [6.07, 6.45) is 2.37. The molecule has 4 heteroatoms. The number of carbonyl (C=O) groups is 1. The molecule has 2 heterocycles. The van der Waals surface area contributed by atoms with Gasteiger partial charge >= 0.3 is 0 Å². The van der Waals surface area contributed by atoms with Crippen molar-refractivity contribution < 1.29 is 9.53 Å². The smallest absolute Gasteiger partial charge is 0.225 e. The van der Waals surface area contributed by atoms with E-state index in [0.29, 0.717) is 6.42 Å². The zero-order valence-electron chi connectivity index (χ0n) is 15.6. The lowest BCUT2D eigenvalue weighted by Crippen LogP contribution is -2.32. The molecule has 1 aliphatic rings. The van der Waals surface area contributed by atoms with Crippen LogP contribution in [0.5, 0.6) is 11.5 Å². The van der Waals surface area contributed by atoms with Crippen molar-refractivity contribution in [2.24, 2.45) is 7.05 Å². The molecule has 4 aromatic rings. The molecule has 0 radical (unpaired) electrons. The molecule has 0 saturated heterocycles. The van der Waals surface area contributed by atoms with E-state index in [4.69, 9.17) is 4.74 Å². The number of nitrogens with zero attached hydrogens (tertiary/aromatic N) is 1. The fourth-order valence-electron chi connectivity index (χ4n) is 4.02. The molecule has 0 atom stereocenters. The average molecular weight is 368 g/mol. The van der Waals surface area contributed by atoms with E-state index in [9.17, 15) is 4.79 Å². The zero-order chi connectivity index (χ0) is 19.1. The molecule has 0 spiro atoms. The molecule has 3 aromatic carbocycles. The maximum absolute atomic E-state index is 13.0. The highest BCUT2D eigenvalue weighted by atomic mass is 16.5. The Morgan fingerprint density at radius 1 is 0.929 bits per heavy atom. The van der Waals surface area contributed by atoms with Gasteiger partial charge in [-0.25, -0.2) is 0 Å². The number of amides is 1. The van der Waals surface area contributed by atoms with E-state index in [1.54, 1.807) is 0 Å². The van der Waals surface area contributed by atoms with Crippen LogP contribution in [0.4, 0.5) is 0 Å². The first-order valence-electron chi connectivity index (χ1n) is 9.39. The summed E-state index contributed by atoms with van der Waals surface area (Å²) in [5.41, 5.74) is 4.12. The van der Waals surface area contributed by atoms with Gasteiger partial charge in [0, 0.05) is 35.3 Å². The van der Waals surface area contributed by atoms with Crippen LogP contribution < -0.4 is 10.1 Å². The normalized spacial score (nSPS) is 12.9. The Morgan fingerprint density at radius 3 is 2.25 bits per heavy atom. The molecule has 138 valence electrons. The monoisotopic (exact) mass is 368 g/mol. The van der Waals surface area contributed by atoms with Gasteiger partial charge in [-0.3, -0.25) is 4.79 Å². The molecule has 0 saturated carbocycles. The van der Waals surface area contributed by atoms with E-state index < -0.39 is 0 Å². The van der Waals surface area contributed by atoms with Gasteiger partial charge < -0.3 is 14.6 Å². The predicted octanol–water partition coefficient (Wildman–Crippen LogP) is 4.73. The van der Waals surface area contributed by atoms with Crippen LogP contribution in [0, 0.1) is 0 Å². The van der Waals surface area contributed by atoms with Crippen molar-refractivity contribution in [2.45, 2.75) is 12.5 Å². The van der Waals surface area contributed by atoms with Gasteiger partial charge in [-0.05, 0) is 23.8 Å². The third-order valence-electron chi connectivity index (χ3n) is 5.32. The number of aromatic nitrogens is 1. The van der Waals surface area contributed by atoms with E-state index in [1.807, 2.05) is 73.9 Å². The summed E-state index contributed by atoms with van der Waals surface area (Å²) in [5.74, 6) is 1.57. The van der Waals surface area contributed by atoms with Gasteiger partial charge in [0.1, 0.15) is 11.5 Å².